The fraction of sp³-hybridized carbons (Fsp3) is 0. The molecular formula is C10H6IN3O3S. The molecule has 92 valence electrons. The summed E-state index contributed by atoms with van der Waals surface area (Å²) < 4.78 is 0.466. The van der Waals surface area contributed by atoms with Crippen molar-refractivity contribution in [3.63, 3.8) is 0 Å². The Kier molecular flexibility index (Phi) is 3.97. The van der Waals surface area contributed by atoms with Crippen molar-refractivity contribution in [2.24, 2.45) is 0 Å². The first kappa shape index (κ1) is 13.0. The Morgan fingerprint density at radius 3 is 2.94 bits per heavy atom. The van der Waals surface area contributed by atoms with Crippen molar-refractivity contribution in [3.05, 3.63) is 44.3 Å². The number of nitrogens with one attached hydrogen (secondary N) is 1. The minimum absolute atomic E-state index is 0.0418. The molecule has 0 radical (unpaired) electrons. The molecule has 0 spiro atoms. The van der Waals surface area contributed by atoms with E-state index in [0.29, 0.717) is 13.5 Å². The number of carboxylic acids is 1. The summed E-state index contributed by atoms with van der Waals surface area (Å²) in [6.45, 7) is 0. The number of aromatic nitrogens is 3. The number of pyridine rings is 1. The first-order valence-electron chi connectivity index (χ1n) is 4.68. The molecule has 0 aliphatic heterocycles. The maximum Gasteiger partial charge on any atom is 0.354 e. The van der Waals surface area contributed by atoms with E-state index in [9.17, 15) is 9.59 Å². The summed E-state index contributed by atoms with van der Waals surface area (Å²) in [6.07, 6.45) is 2.72. The van der Waals surface area contributed by atoms with Crippen LogP contribution in [-0.4, -0.2) is 26.0 Å². The molecule has 0 atom stereocenters. The summed E-state index contributed by atoms with van der Waals surface area (Å²) in [5, 5.41) is 9.36. The first-order chi connectivity index (χ1) is 8.58. The largest absolute Gasteiger partial charge is 0.477 e. The minimum Gasteiger partial charge on any atom is -0.477 e. The van der Waals surface area contributed by atoms with Gasteiger partial charge in [0.25, 0.3) is 5.56 Å². The van der Waals surface area contributed by atoms with E-state index in [2.05, 4.69) is 15.0 Å². The third-order valence-electron chi connectivity index (χ3n) is 1.93. The lowest BCUT2D eigenvalue weighted by Crippen LogP contribution is -2.11. The zero-order valence-corrected chi connectivity index (χ0v) is 11.7. The Balaban J connectivity index is 2.34. The van der Waals surface area contributed by atoms with Crippen LogP contribution in [0.15, 0.2) is 39.4 Å². The van der Waals surface area contributed by atoms with Gasteiger partial charge in [-0.1, -0.05) is 11.8 Å². The Morgan fingerprint density at radius 2 is 2.22 bits per heavy atom. The molecule has 0 fully saturated rings. The van der Waals surface area contributed by atoms with Gasteiger partial charge in [0.05, 0.1) is 6.33 Å². The van der Waals surface area contributed by atoms with Crippen molar-refractivity contribution in [2.75, 3.05) is 0 Å². The zero-order chi connectivity index (χ0) is 13.1. The SMILES string of the molecule is O=C(O)c1cc(Sc2nc[nH]c(=O)c2I)ccn1. The maximum atomic E-state index is 11.4. The summed E-state index contributed by atoms with van der Waals surface area (Å²) in [5.41, 5.74) is -0.263. The zero-order valence-electron chi connectivity index (χ0n) is 8.75. The molecule has 0 aliphatic carbocycles. The lowest BCUT2D eigenvalue weighted by molar-refractivity contribution is 0.0690. The van der Waals surface area contributed by atoms with Crippen molar-refractivity contribution in [1.29, 1.82) is 0 Å². The highest BCUT2D eigenvalue weighted by molar-refractivity contribution is 14.1. The summed E-state index contributed by atoms with van der Waals surface area (Å²) in [4.78, 5) is 33.1. The van der Waals surface area contributed by atoms with Gasteiger partial charge in [-0.15, -0.1) is 0 Å². The Labute approximate surface area is 119 Å². The van der Waals surface area contributed by atoms with E-state index < -0.39 is 5.97 Å². The minimum atomic E-state index is -1.09. The first-order valence-corrected chi connectivity index (χ1v) is 6.58. The molecular weight excluding hydrogens is 369 g/mol. The van der Waals surface area contributed by atoms with Gasteiger partial charge >= 0.3 is 5.97 Å². The number of halogens is 1. The molecule has 0 saturated carbocycles. The number of nitrogens with zero attached hydrogens (tertiary/aromatic N) is 2. The fourth-order valence-electron chi connectivity index (χ4n) is 1.14. The number of H-pyrrole nitrogens is 1. The van der Waals surface area contributed by atoms with Crippen LogP contribution < -0.4 is 5.56 Å². The van der Waals surface area contributed by atoms with Crippen LogP contribution in [0, 0.1) is 3.57 Å². The van der Waals surface area contributed by atoms with Crippen LogP contribution in [0.3, 0.4) is 0 Å². The quantitative estimate of drug-likeness (QED) is 0.625. The Morgan fingerprint density at radius 1 is 1.44 bits per heavy atom. The number of hydrogen-bond donors (Lipinski definition) is 2. The van der Waals surface area contributed by atoms with Crippen molar-refractivity contribution < 1.29 is 9.90 Å². The van der Waals surface area contributed by atoms with Gasteiger partial charge < -0.3 is 10.1 Å². The maximum absolute atomic E-state index is 11.4. The Hall–Kier alpha value is -1.42. The van der Waals surface area contributed by atoms with Gasteiger partial charge in [-0.05, 0) is 34.7 Å². The molecule has 0 saturated heterocycles. The smallest absolute Gasteiger partial charge is 0.354 e. The highest BCUT2D eigenvalue weighted by Crippen LogP contribution is 2.27. The molecule has 2 aromatic heterocycles. The number of aromatic amines is 1. The predicted octanol–water partition coefficient (Wildman–Crippen LogP) is 1.62. The van der Waals surface area contributed by atoms with Crippen molar-refractivity contribution in [1.82, 2.24) is 15.0 Å². The average molecular weight is 375 g/mol. The predicted molar refractivity (Wildman–Crippen MR) is 72.9 cm³/mol. The molecule has 2 heterocycles. The lowest BCUT2D eigenvalue weighted by atomic mass is 10.3. The number of carbonyl (C=O) groups is 1. The van der Waals surface area contributed by atoms with Crippen LogP contribution in [-0.2, 0) is 0 Å². The normalized spacial score (nSPS) is 10.3. The van der Waals surface area contributed by atoms with Crippen molar-refractivity contribution in [3.8, 4) is 0 Å². The summed E-state index contributed by atoms with van der Waals surface area (Å²) in [5.74, 6) is -1.09. The third-order valence-corrected chi connectivity index (χ3v) is 4.29. The molecule has 0 bridgehead atoms. The second-order valence-electron chi connectivity index (χ2n) is 3.13. The van der Waals surface area contributed by atoms with Crippen molar-refractivity contribution >= 4 is 40.3 Å². The van der Waals surface area contributed by atoms with Gasteiger partial charge in [-0.3, -0.25) is 4.79 Å². The molecule has 0 unspecified atom stereocenters. The van der Waals surface area contributed by atoms with Gasteiger partial charge in [0.2, 0.25) is 0 Å². The van der Waals surface area contributed by atoms with E-state index >= 15 is 0 Å². The van der Waals surface area contributed by atoms with Gasteiger partial charge in [-0.25, -0.2) is 14.8 Å². The van der Waals surface area contributed by atoms with Gasteiger partial charge in [-0.2, -0.15) is 0 Å². The Bertz CT molecular complexity index is 659. The number of aromatic carboxylic acids is 1. The molecule has 8 heteroatoms. The highest BCUT2D eigenvalue weighted by atomic mass is 127. The van der Waals surface area contributed by atoms with Crippen LogP contribution >= 0.6 is 34.4 Å². The third kappa shape index (κ3) is 2.88. The van der Waals surface area contributed by atoms with E-state index in [-0.39, 0.29) is 11.3 Å². The van der Waals surface area contributed by atoms with Gasteiger partial charge in [0, 0.05) is 11.1 Å². The molecule has 18 heavy (non-hydrogen) atoms. The summed E-state index contributed by atoms with van der Waals surface area (Å²) in [6, 6.07) is 3.10. The molecule has 2 N–H and O–H groups in total. The van der Waals surface area contributed by atoms with E-state index in [1.54, 1.807) is 6.07 Å². The van der Waals surface area contributed by atoms with E-state index in [1.165, 1.54) is 30.4 Å². The van der Waals surface area contributed by atoms with Crippen LogP contribution in [0.4, 0.5) is 0 Å². The van der Waals surface area contributed by atoms with Crippen LogP contribution in [0.5, 0.6) is 0 Å². The van der Waals surface area contributed by atoms with Crippen LogP contribution in [0.2, 0.25) is 0 Å². The summed E-state index contributed by atoms with van der Waals surface area (Å²) >= 11 is 3.11. The fourth-order valence-corrected chi connectivity index (χ4v) is 2.58. The lowest BCUT2D eigenvalue weighted by Gasteiger charge is -2.02. The molecule has 2 aromatic rings. The standard InChI is InChI=1S/C10H6IN3O3S/c11-7-8(15)13-4-14-9(7)18-5-1-2-12-6(3-5)10(16)17/h1-4H,(H,16,17)(H,13,14,15). The van der Waals surface area contributed by atoms with Crippen LogP contribution in [0.25, 0.3) is 0 Å². The number of hydrogen-bond acceptors (Lipinski definition) is 5. The van der Waals surface area contributed by atoms with Gasteiger partial charge in [0.15, 0.2) is 0 Å². The second-order valence-corrected chi connectivity index (χ2v) is 5.28. The van der Waals surface area contributed by atoms with E-state index in [4.69, 9.17) is 5.11 Å². The number of carboxylic acid groups (broad SMARTS) is 1. The molecule has 0 aliphatic rings. The van der Waals surface area contributed by atoms with Crippen LogP contribution in [0.1, 0.15) is 10.5 Å². The highest BCUT2D eigenvalue weighted by Gasteiger charge is 2.10. The topological polar surface area (TPSA) is 95.9 Å². The average Bonchev–Trinajstić information content (AvgIpc) is 2.35. The molecule has 2 rings (SSSR count). The molecule has 0 aromatic carbocycles. The second kappa shape index (κ2) is 5.48. The van der Waals surface area contributed by atoms with E-state index in [1.807, 2.05) is 22.6 Å². The molecule has 6 nitrogen and oxygen atoms in total. The van der Waals surface area contributed by atoms with E-state index in [0.717, 1.165) is 0 Å². The van der Waals surface area contributed by atoms with Gasteiger partial charge in [0.1, 0.15) is 14.3 Å². The summed E-state index contributed by atoms with van der Waals surface area (Å²) in [7, 11) is 0. The monoisotopic (exact) mass is 375 g/mol. The van der Waals surface area contributed by atoms with Crippen molar-refractivity contribution in [2.45, 2.75) is 9.92 Å². The molecule has 0 amide bonds. The number of rotatable bonds is 3.